The Labute approximate surface area is 161 Å². The first-order chi connectivity index (χ1) is 13.1. The summed E-state index contributed by atoms with van der Waals surface area (Å²) in [6, 6.07) is 6.11. The molecule has 1 fully saturated rings. The van der Waals surface area contributed by atoms with Gasteiger partial charge in [-0.15, -0.1) is 0 Å². The molecular formula is C20H29N5O2. The Hall–Kier alpha value is -2.57. The van der Waals surface area contributed by atoms with Crippen LogP contribution < -0.4 is 19.7 Å². The Morgan fingerprint density at radius 1 is 1.07 bits per heavy atom. The number of nitrogens with one attached hydrogen (secondary N) is 1. The third-order valence-electron chi connectivity index (χ3n) is 5.00. The predicted molar refractivity (Wildman–Crippen MR) is 107 cm³/mol. The van der Waals surface area contributed by atoms with E-state index in [9.17, 15) is 0 Å². The monoisotopic (exact) mass is 371 g/mol. The van der Waals surface area contributed by atoms with Crippen LogP contribution >= 0.6 is 0 Å². The highest BCUT2D eigenvalue weighted by Gasteiger charge is 2.23. The van der Waals surface area contributed by atoms with Crippen LogP contribution in [0, 0.1) is 6.92 Å². The van der Waals surface area contributed by atoms with Crippen LogP contribution in [0.3, 0.4) is 0 Å². The van der Waals surface area contributed by atoms with Gasteiger partial charge in [0.15, 0.2) is 0 Å². The second kappa shape index (κ2) is 8.88. The Bertz CT molecular complexity index is 762. The summed E-state index contributed by atoms with van der Waals surface area (Å²) in [5.74, 6) is 3.37. The van der Waals surface area contributed by atoms with Gasteiger partial charge in [0.05, 0.1) is 19.9 Å². The number of ether oxygens (including phenoxy) is 2. The Morgan fingerprint density at radius 3 is 2.52 bits per heavy atom. The van der Waals surface area contributed by atoms with Crippen molar-refractivity contribution < 1.29 is 9.47 Å². The van der Waals surface area contributed by atoms with Crippen molar-refractivity contribution in [1.29, 1.82) is 0 Å². The first kappa shape index (κ1) is 19.2. The third-order valence-corrected chi connectivity index (χ3v) is 5.00. The molecule has 2 aromatic rings. The maximum absolute atomic E-state index is 5.46. The highest BCUT2D eigenvalue weighted by Crippen LogP contribution is 2.31. The number of anilines is 3. The molecule has 146 valence electrons. The second-order valence-corrected chi connectivity index (χ2v) is 6.78. The molecule has 0 amide bonds. The van der Waals surface area contributed by atoms with Gasteiger partial charge < -0.3 is 19.7 Å². The molecular weight excluding hydrogens is 342 g/mol. The lowest BCUT2D eigenvalue weighted by Gasteiger charge is -2.33. The summed E-state index contributed by atoms with van der Waals surface area (Å²) in [5, 5.41) is 3.27. The van der Waals surface area contributed by atoms with Crippen LogP contribution in [0.5, 0.6) is 11.5 Å². The van der Waals surface area contributed by atoms with Crippen molar-refractivity contribution in [3.63, 3.8) is 0 Å². The zero-order chi connectivity index (χ0) is 19.2. The van der Waals surface area contributed by atoms with Gasteiger partial charge in [0.1, 0.15) is 17.3 Å². The Balaban J connectivity index is 1.87. The quantitative estimate of drug-likeness (QED) is 0.785. The summed E-state index contributed by atoms with van der Waals surface area (Å²) in [6.45, 7) is 4.95. The first-order valence-electron chi connectivity index (χ1n) is 9.63. The maximum atomic E-state index is 5.46. The van der Waals surface area contributed by atoms with Gasteiger partial charge in [0.25, 0.3) is 0 Å². The van der Waals surface area contributed by atoms with E-state index < -0.39 is 0 Å². The highest BCUT2D eigenvalue weighted by molar-refractivity contribution is 5.64. The van der Waals surface area contributed by atoms with E-state index >= 15 is 0 Å². The molecule has 0 spiro atoms. The molecule has 0 radical (unpaired) electrons. The molecule has 7 nitrogen and oxygen atoms in total. The third kappa shape index (κ3) is 4.59. The lowest BCUT2D eigenvalue weighted by molar-refractivity contribution is 0.395. The number of hydrogen-bond donors (Lipinski definition) is 1. The van der Waals surface area contributed by atoms with Crippen LogP contribution in [0.15, 0.2) is 18.2 Å². The van der Waals surface area contributed by atoms with Crippen LogP contribution in [0.1, 0.15) is 44.9 Å². The van der Waals surface area contributed by atoms with E-state index in [2.05, 4.69) is 27.1 Å². The van der Waals surface area contributed by atoms with Gasteiger partial charge in [0, 0.05) is 18.7 Å². The average Bonchev–Trinajstić information content (AvgIpc) is 2.69. The van der Waals surface area contributed by atoms with E-state index in [1.807, 2.05) is 25.1 Å². The molecule has 1 heterocycles. The number of aromatic nitrogens is 3. The number of nitrogens with zero attached hydrogens (tertiary/aromatic N) is 4. The van der Waals surface area contributed by atoms with Crippen LogP contribution in [0.25, 0.3) is 0 Å². The minimum Gasteiger partial charge on any atom is -0.497 e. The minimum atomic E-state index is 0.508. The number of benzene rings is 1. The van der Waals surface area contributed by atoms with Gasteiger partial charge in [-0.25, -0.2) is 0 Å². The van der Waals surface area contributed by atoms with Crippen LogP contribution in [0.2, 0.25) is 0 Å². The van der Waals surface area contributed by atoms with Gasteiger partial charge in [-0.3, -0.25) is 0 Å². The van der Waals surface area contributed by atoms with Crippen molar-refractivity contribution in [2.75, 3.05) is 31.0 Å². The number of hydrogen-bond acceptors (Lipinski definition) is 7. The summed E-state index contributed by atoms with van der Waals surface area (Å²) in [6.07, 6.45) is 6.29. The fourth-order valence-electron chi connectivity index (χ4n) is 3.63. The molecule has 0 atom stereocenters. The van der Waals surface area contributed by atoms with E-state index in [4.69, 9.17) is 14.5 Å². The van der Waals surface area contributed by atoms with Crippen LogP contribution in [-0.2, 0) is 0 Å². The standard InChI is InChI=1S/C20H29N5O2/c1-5-25(15-9-7-6-8-10-15)20-22-14(2)21-19(24-20)23-17-12-11-16(26-3)13-18(17)27-4/h11-13,15H,5-10H2,1-4H3,(H,21,22,23,24). The zero-order valence-corrected chi connectivity index (χ0v) is 16.7. The molecule has 1 aromatic heterocycles. The number of methoxy groups -OCH3 is 2. The van der Waals surface area contributed by atoms with Crippen molar-refractivity contribution in [3.8, 4) is 11.5 Å². The summed E-state index contributed by atoms with van der Waals surface area (Å²) in [4.78, 5) is 16.1. The number of aryl methyl sites for hydroxylation is 1. The lowest BCUT2D eigenvalue weighted by atomic mass is 9.94. The molecule has 1 aliphatic rings. The summed E-state index contributed by atoms with van der Waals surface area (Å²) in [7, 11) is 3.26. The van der Waals surface area contributed by atoms with Gasteiger partial charge in [-0.05, 0) is 38.8 Å². The topological polar surface area (TPSA) is 72.4 Å². The first-order valence-corrected chi connectivity index (χ1v) is 9.63. The van der Waals surface area contributed by atoms with Crippen LogP contribution in [0.4, 0.5) is 17.6 Å². The molecule has 0 saturated heterocycles. The Morgan fingerprint density at radius 2 is 1.85 bits per heavy atom. The predicted octanol–water partition coefficient (Wildman–Crippen LogP) is 4.10. The van der Waals surface area contributed by atoms with Gasteiger partial charge in [-0.1, -0.05) is 19.3 Å². The molecule has 1 N–H and O–H groups in total. The van der Waals surface area contributed by atoms with Gasteiger partial charge in [-0.2, -0.15) is 15.0 Å². The molecule has 27 heavy (non-hydrogen) atoms. The molecule has 0 bridgehead atoms. The molecule has 1 saturated carbocycles. The van der Waals surface area contributed by atoms with Crippen LogP contribution in [-0.4, -0.2) is 41.8 Å². The zero-order valence-electron chi connectivity index (χ0n) is 16.7. The van der Waals surface area contributed by atoms with Crippen molar-refractivity contribution >= 4 is 17.6 Å². The molecule has 3 rings (SSSR count). The fourth-order valence-corrected chi connectivity index (χ4v) is 3.63. The number of rotatable bonds is 7. The van der Waals surface area contributed by atoms with E-state index in [0.29, 0.717) is 23.6 Å². The molecule has 0 aliphatic heterocycles. The van der Waals surface area contributed by atoms with Crippen molar-refractivity contribution in [3.05, 3.63) is 24.0 Å². The average molecular weight is 371 g/mol. The smallest absolute Gasteiger partial charge is 0.232 e. The normalized spacial score (nSPS) is 14.7. The van der Waals surface area contributed by atoms with Crippen molar-refractivity contribution in [1.82, 2.24) is 15.0 Å². The fraction of sp³-hybridized carbons (Fsp3) is 0.550. The largest absolute Gasteiger partial charge is 0.497 e. The van der Waals surface area contributed by atoms with E-state index in [1.165, 1.54) is 32.1 Å². The minimum absolute atomic E-state index is 0.508. The summed E-state index contributed by atoms with van der Waals surface area (Å²) in [5.41, 5.74) is 0.788. The van der Waals surface area contributed by atoms with Gasteiger partial charge in [0.2, 0.25) is 11.9 Å². The molecule has 7 heteroatoms. The summed E-state index contributed by atoms with van der Waals surface area (Å²) >= 11 is 0. The highest BCUT2D eigenvalue weighted by atomic mass is 16.5. The Kier molecular flexibility index (Phi) is 6.32. The summed E-state index contributed by atoms with van der Waals surface area (Å²) < 4.78 is 10.7. The SMILES string of the molecule is CCN(c1nc(C)nc(Nc2ccc(OC)cc2OC)n1)C1CCCCC1. The van der Waals surface area contributed by atoms with Crippen molar-refractivity contribution in [2.24, 2.45) is 0 Å². The molecule has 1 aliphatic carbocycles. The maximum Gasteiger partial charge on any atom is 0.232 e. The van der Waals surface area contributed by atoms with E-state index in [1.54, 1.807) is 14.2 Å². The lowest BCUT2D eigenvalue weighted by Crippen LogP contribution is -2.38. The van der Waals surface area contributed by atoms with E-state index in [-0.39, 0.29) is 0 Å². The van der Waals surface area contributed by atoms with E-state index in [0.717, 1.165) is 23.9 Å². The van der Waals surface area contributed by atoms with Crippen molar-refractivity contribution in [2.45, 2.75) is 52.0 Å². The van der Waals surface area contributed by atoms with Gasteiger partial charge >= 0.3 is 0 Å². The molecule has 1 aromatic carbocycles. The second-order valence-electron chi connectivity index (χ2n) is 6.78. The molecule has 0 unspecified atom stereocenters.